The van der Waals surface area contributed by atoms with Gasteiger partial charge in [-0.25, -0.2) is 13.4 Å². The minimum Gasteiger partial charge on any atom is -0.357 e. The van der Waals surface area contributed by atoms with Gasteiger partial charge in [-0.3, -0.25) is 4.99 Å². The van der Waals surface area contributed by atoms with Crippen LogP contribution in [0.1, 0.15) is 39.5 Å². The Labute approximate surface area is 175 Å². The molecule has 9 heteroatoms. The SMILES string of the molecule is CCCCCCN=C(NCC)NCCS(=O)(=O)N1CCN(c2ccccn2)CC1. The monoisotopic (exact) mass is 424 g/mol. The van der Waals surface area contributed by atoms with E-state index in [1.807, 2.05) is 25.1 Å². The summed E-state index contributed by atoms with van der Waals surface area (Å²) in [5.41, 5.74) is 0. The van der Waals surface area contributed by atoms with Crippen LogP contribution in [0.3, 0.4) is 0 Å². The maximum atomic E-state index is 12.7. The summed E-state index contributed by atoms with van der Waals surface area (Å²) in [6.07, 6.45) is 6.43. The molecule has 0 spiro atoms. The van der Waals surface area contributed by atoms with Crippen molar-refractivity contribution in [1.82, 2.24) is 19.9 Å². The van der Waals surface area contributed by atoms with Crippen LogP contribution in [-0.2, 0) is 10.0 Å². The van der Waals surface area contributed by atoms with Crippen LogP contribution >= 0.6 is 0 Å². The zero-order valence-electron chi connectivity index (χ0n) is 17.8. The molecule has 0 aliphatic carbocycles. The van der Waals surface area contributed by atoms with Gasteiger partial charge < -0.3 is 15.5 Å². The third kappa shape index (κ3) is 8.18. The number of piperazine rings is 1. The van der Waals surface area contributed by atoms with Crippen molar-refractivity contribution in [3.63, 3.8) is 0 Å². The van der Waals surface area contributed by atoms with Crippen LogP contribution < -0.4 is 15.5 Å². The Hall–Kier alpha value is -1.87. The molecule has 1 aromatic rings. The average Bonchev–Trinajstić information content (AvgIpc) is 2.74. The summed E-state index contributed by atoms with van der Waals surface area (Å²) < 4.78 is 27.0. The fraction of sp³-hybridized carbons (Fsp3) is 0.700. The van der Waals surface area contributed by atoms with Crippen molar-refractivity contribution in [2.75, 3.05) is 56.5 Å². The number of aromatic nitrogens is 1. The molecule has 1 aromatic heterocycles. The van der Waals surface area contributed by atoms with E-state index in [4.69, 9.17) is 0 Å². The van der Waals surface area contributed by atoms with Crippen molar-refractivity contribution < 1.29 is 8.42 Å². The summed E-state index contributed by atoms with van der Waals surface area (Å²) in [4.78, 5) is 11.0. The highest BCUT2D eigenvalue weighted by molar-refractivity contribution is 7.89. The highest BCUT2D eigenvalue weighted by atomic mass is 32.2. The van der Waals surface area contributed by atoms with Crippen LogP contribution in [0.4, 0.5) is 5.82 Å². The van der Waals surface area contributed by atoms with E-state index in [0.29, 0.717) is 38.7 Å². The van der Waals surface area contributed by atoms with Crippen LogP contribution in [0.5, 0.6) is 0 Å². The second-order valence-corrected chi connectivity index (χ2v) is 9.23. The van der Waals surface area contributed by atoms with E-state index in [1.54, 1.807) is 10.5 Å². The number of rotatable bonds is 11. The zero-order chi connectivity index (χ0) is 21.0. The molecule has 0 atom stereocenters. The number of nitrogens with zero attached hydrogens (tertiary/aromatic N) is 4. The first-order valence-corrected chi connectivity index (χ1v) is 12.3. The molecular weight excluding hydrogens is 388 g/mol. The normalized spacial score (nSPS) is 16.1. The van der Waals surface area contributed by atoms with Crippen molar-refractivity contribution in [3.05, 3.63) is 24.4 Å². The molecule has 0 unspecified atom stereocenters. The van der Waals surface area contributed by atoms with Gasteiger partial charge in [0.1, 0.15) is 5.82 Å². The molecule has 1 fully saturated rings. The molecule has 2 rings (SSSR count). The molecule has 0 radical (unpaired) electrons. The van der Waals surface area contributed by atoms with Crippen LogP contribution in [0.25, 0.3) is 0 Å². The van der Waals surface area contributed by atoms with Gasteiger partial charge in [0.2, 0.25) is 10.0 Å². The maximum absolute atomic E-state index is 12.7. The molecule has 2 N–H and O–H groups in total. The second-order valence-electron chi connectivity index (χ2n) is 7.14. The van der Waals surface area contributed by atoms with Crippen molar-refractivity contribution in [2.24, 2.45) is 4.99 Å². The molecular formula is C20H36N6O2S. The number of aliphatic imine (C=N–C) groups is 1. The van der Waals surface area contributed by atoms with Crippen molar-refractivity contribution in [2.45, 2.75) is 39.5 Å². The fourth-order valence-corrected chi connectivity index (χ4v) is 4.57. The number of sulfonamides is 1. The predicted molar refractivity (Wildman–Crippen MR) is 120 cm³/mol. The number of anilines is 1. The summed E-state index contributed by atoms with van der Waals surface area (Å²) in [5, 5.41) is 6.33. The minimum absolute atomic E-state index is 0.0663. The Kier molecular flexibility index (Phi) is 10.2. The molecule has 2 heterocycles. The van der Waals surface area contributed by atoms with Gasteiger partial charge in [0.25, 0.3) is 0 Å². The topological polar surface area (TPSA) is 89.9 Å². The Balaban J connectivity index is 1.76. The number of hydrogen-bond acceptors (Lipinski definition) is 5. The lowest BCUT2D eigenvalue weighted by atomic mass is 10.2. The molecule has 0 amide bonds. The zero-order valence-corrected chi connectivity index (χ0v) is 18.6. The van der Waals surface area contributed by atoms with Gasteiger partial charge in [0.05, 0.1) is 5.75 Å². The number of hydrogen-bond donors (Lipinski definition) is 2. The predicted octanol–water partition coefficient (Wildman–Crippen LogP) is 1.67. The van der Waals surface area contributed by atoms with Crippen LogP contribution in [0, 0.1) is 0 Å². The lowest BCUT2D eigenvalue weighted by Gasteiger charge is -2.34. The molecule has 164 valence electrons. The van der Waals surface area contributed by atoms with Gasteiger partial charge in [-0.15, -0.1) is 0 Å². The lowest BCUT2D eigenvalue weighted by Crippen LogP contribution is -2.50. The molecule has 0 aromatic carbocycles. The van der Waals surface area contributed by atoms with Gasteiger partial charge >= 0.3 is 0 Å². The summed E-state index contributed by atoms with van der Waals surface area (Å²) in [6.45, 7) is 8.36. The first kappa shape index (κ1) is 23.4. The first-order valence-electron chi connectivity index (χ1n) is 10.7. The maximum Gasteiger partial charge on any atom is 0.215 e. The van der Waals surface area contributed by atoms with E-state index < -0.39 is 10.0 Å². The van der Waals surface area contributed by atoms with Crippen molar-refractivity contribution >= 4 is 21.8 Å². The van der Waals surface area contributed by atoms with E-state index >= 15 is 0 Å². The van der Waals surface area contributed by atoms with Gasteiger partial charge in [-0.2, -0.15) is 4.31 Å². The van der Waals surface area contributed by atoms with Gasteiger partial charge in [0, 0.05) is 52.0 Å². The molecule has 0 saturated carbocycles. The third-order valence-electron chi connectivity index (χ3n) is 4.88. The first-order chi connectivity index (χ1) is 14.1. The minimum atomic E-state index is -3.29. The van der Waals surface area contributed by atoms with Gasteiger partial charge in [0.15, 0.2) is 5.96 Å². The summed E-state index contributed by atoms with van der Waals surface area (Å²) >= 11 is 0. The van der Waals surface area contributed by atoms with E-state index in [2.05, 4.69) is 32.4 Å². The molecule has 1 saturated heterocycles. The lowest BCUT2D eigenvalue weighted by molar-refractivity contribution is 0.384. The molecule has 1 aliphatic heterocycles. The van der Waals surface area contributed by atoms with Crippen LogP contribution in [0.15, 0.2) is 29.4 Å². The molecule has 1 aliphatic rings. The van der Waals surface area contributed by atoms with Crippen molar-refractivity contribution in [3.8, 4) is 0 Å². The van der Waals surface area contributed by atoms with Crippen molar-refractivity contribution in [1.29, 1.82) is 0 Å². The summed E-state index contributed by atoms with van der Waals surface area (Å²) in [6, 6.07) is 5.79. The largest absolute Gasteiger partial charge is 0.357 e. The summed E-state index contributed by atoms with van der Waals surface area (Å²) in [7, 11) is -3.29. The quantitative estimate of drug-likeness (QED) is 0.319. The highest BCUT2D eigenvalue weighted by Gasteiger charge is 2.27. The second kappa shape index (κ2) is 12.6. The number of unbranched alkanes of at least 4 members (excludes halogenated alkanes) is 3. The molecule has 29 heavy (non-hydrogen) atoms. The Bertz CT molecular complexity index is 703. The van der Waals surface area contributed by atoms with Crippen LogP contribution in [0.2, 0.25) is 0 Å². The molecule has 0 bridgehead atoms. The fourth-order valence-electron chi connectivity index (χ4n) is 3.23. The molecule has 8 nitrogen and oxygen atoms in total. The number of guanidine groups is 1. The summed E-state index contributed by atoms with van der Waals surface area (Å²) in [5.74, 6) is 1.66. The Morgan fingerprint density at radius 1 is 1.10 bits per heavy atom. The number of nitrogens with one attached hydrogen (secondary N) is 2. The van der Waals surface area contributed by atoms with E-state index in [0.717, 1.165) is 25.3 Å². The van der Waals surface area contributed by atoms with E-state index in [-0.39, 0.29) is 5.75 Å². The van der Waals surface area contributed by atoms with Gasteiger partial charge in [-0.1, -0.05) is 32.3 Å². The standard InChI is InChI=1S/C20H36N6O2S/c1-3-5-6-8-12-23-20(21-4-2)24-13-18-29(27,28)26-16-14-25(15-17-26)19-10-7-9-11-22-19/h7,9-11H,3-6,8,12-18H2,1-2H3,(H2,21,23,24). The average molecular weight is 425 g/mol. The highest BCUT2D eigenvalue weighted by Crippen LogP contribution is 2.14. The smallest absolute Gasteiger partial charge is 0.215 e. The Morgan fingerprint density at radius 3 is 2.55 bits per heavy atom. The third-order valence-corrected chi connectivity index (χ3v) is 6.76. The van der Waals surface area contributed by atoms with E-state index in [9.17, 15) is 8.42 Å². The Morgan fingerprint density at radius 2 is 1.90 bits per heavy atom. The van der Waals surface area contributed by atoms with Crippen LogP contribution in [-0.4, -0.2) is 75.2 Å². The van der Waals surface area contributed by atoms with Gasteiger partial charge in [-0.05, 0) is 25.5 Å². The number of pyridine rings is 1. The van der Waals surface area contributed by atoms with E-state index in [1.165, 1.54) is 19.3 Å².